The number of aryl methyl sites for hydroxylation is 3. The van der Waals surface area contributed by atoms with Crippen molar-refractivity contribution in [3.63, 3.8) is 0 Å². The number of likely N-dealkylation sites (tertiary alicyclic amines) is 1. The van der Waals surface area contributed by atoms with Crippen molar-refractivity contribution in [1.82, 2.24) is 29.8 Å². The van der Waals surface area contributed by atoms with E-state index in [1.54, 1.807) is 35.7 Å². The summed E-state index contributed by atoms with van der Waals surface area (Å²) in [5.41, 5.74) is 2.30. The van der Waals surface area contributed by atoms with Gasteiger partial charge in [0.2, 0.25) is 0 Å². The maximum Gasteiger partial charge on any atom is 0.254 e. The minimum atomic E-state index is -0.858. The number of aromatic nitrogens is 4. The SMILES string of the molecule is Cc1nn(C)cc1C(=O)NC[C@@H]1C[C@H](F)CN1Cc1cnn(C)c1. The normalized spacial score (nSPS) is 21.3. The third-order valence-electron chi connectivity index (χ3n) is 4.38. The van der Waals surface area contributed by atoms with Gasteiger partial charge >= 0.3 is 0 Å². The van der Waals surface area contributed by atoms with Gasteiger partial charge in [-0.3, -0.25) is 19.1 Å². The van der Waals surface area contributed by atoms with Crippen molar-refractivity contribution >= 4 is 5.91 Å². The van der Waals surface area contributed by atoms with Crippen molar-refractivity contribution in [1.29, 1.82) is 0 Å². The Morgan fingerprint density at radius 2 is 2.17 bits per heavy atom. The third-order valence-corrected chi connectivity index (χ3v) is 4.38. The fourth-order valence-corrected chi connectivity index (χ4v) is 3.24. The fourth-order valence-electron chi connectivity index (χ4n) is 3.24. The number of hydrogen-bond donors (Lipinski definition) is 1. The molecule has 0 aromatic carbocycles. The van der Waals surface area contributed by atoms with Crippen molar-refractivity contribution in [2.75, 3.05) is 13.1 Å². The quantitative estimate of drug-likeness (QED) is 0.878. The number of rotatable bonds is 5. The van der Waals surface area contributed by atoms with Crippen LogP contribution in [0.3, 0.4) is 0 Å². The van der Waals surface area contributed by atoms with Crippen LogP contribution in [0.25, 0.3) is 0 Å². The summed E-state index contributed by atoms with van der Waals surface area (Å²) in [7, 11) is 3.64. The minimum absolute atomic E-state index is 0.0128. The van der Waals surface area contributed by atoms with E-state index < -0.39 is 6.17 Å². The Hall–Kier alpha value is -2.22. The molecule has 2 atom stereocenters. The molecule has 1 aliphatic rings. The molecular weight excluding hydrogens is 311 g/mol. The largest absolute Gasteiger partial charge is 0.350 e. The van der Waals surface area contributed by atoms with Gasteiger partial charge in [-0.05, 0) is 13.3 Å². The number of halogens is 1. The van der Waals surface area contributed by atoms with Crippen molar-refractivity contribution in [2.24, 2.45) is 14.1 Å². The number of hydrogen-bond acceptors (Lipinski definition) is 4. The second-order valence-corrected chi connectivity index (χ2v) is 6.45. The van der Waals surface area contributed by atoms with Crippen molar-refractivity contribution in [3.8, 4) is 0 Å². The molecule has 2 aromatic rings. The molecule has 0 spiro atoms. The number of carbonyl (C=O) groups excluding carboxylic acids is 1. The number of amides is 1. The zero-order valence-corrected chi connectivity index (χ0v) is 14.2. The number of nitrogens with one attached hydrogen (secondary N) is 1. The highest BCUT2D eigenvalue weighted by molar-refractivity contribution is 5.95. The molecule has 0 aliphatic carbocycles. The summed E-state index contributed by atoms with van der Waals surface area (Å²) in [5.74, 6) is -0.163. The fraction of sp³-hybridized carbons (Fsp3) is 0.562. The summed E-state index contributed by atoms with van der Waals surface area (Å²) < 4.78 is 17.2. The Morgan fingerprint density at radius 3 is 2.79 bits per heavy atom. The molecule has 1 aliphatic heterocycles. The molecule has 1 N–H and O–H groups in total. The lowest BCUT2D eigenvalue weighted by Gasteiger charge is -2.23. The smallest absolute Gasteiger partial charge is 0.254 e. The Labute approximate surface area is 140 Å². The molecule has 1 saturated heterocycles. The topological polar surface area (TPSA) is 68.0 Å². The van der Waals surface area contributed by atoms with Gasteiger partial charge in [-0.15, -0.1) is 0 Å². The Balaban J connectivity index is 1.60. The van der Waals surface area contributed by atoms with Gasteiger partial charge < -0.3 is 5.32 Å². The van der Waals surface area contributed by atoms with Gasteiger partial charge in [-0.25, -0.2) is 4.39 Å². The van der Waals surface area contributed by atoms with E-state index in [0.717, 1.165) is 5.56 Å². The minimum Gasteiger partial charge on any atom is -0.350 e. The van der Waals surface area contributed by atoms with Crippen LogP contribution in [0.15, 0.2) is 18.6 Å². The van der Waals surface area contributed by atoms with E-state index in [4.69, 9.17) is 0 Å². The standard InChI is InChI=1S/C16H23FN6O/c1-11-15(10-22(3)20-11)16(24)18-6-14-4-13(17)9-23(14)8-12-5-19-21(2)7-12/h5,7,10,13-14H,4,6,8-9H2,1-3H3,(H,18,24)/t13-,14-/m0/s1. The summed E-state index contributed by atoms with van der Waals surface area (Å²) in [5, 5.41) is 11.2. The summed E-state index contributed by atoms with van der Waals surface area (Å²) in [4.78, 5) is 14.4. The van der Waals surface area contributed by atoms with Crippen molar-refractivity contribution in [2.45, 2.75) is 32.1 Å². The Morgan fingerprint density at radius 1 is 1.38 bits per heavy atom. The first kappa shape index (κ1) is 16.6. The van der Waals surface area contributed by atoms with E-state index >= 15 is 0 Å². The van der Waals surface area contributed by atoms with E-state index in [9.17, 15) is 9.18 Å². The van der Waals surface area contributed by atoms with E-state index in [-0.39, 0.29) is 11.9 Å². The zero-order valence-electron chi connectivity index (χ0n) is 14.2. The van der Waals surface area contributed by atoms with Crippen LogP contribution < -0.4 is 5.32 Å². The van der Waals surface area contributed by atoms with Crippen LogP contribution in [-0.4, -0.2) is 55.7 Å². The average molecular weight is 334 g/mol. The van der Waals surface area contributed by atoms with Gasteiger partial charge in [-0.2, -0.15) is 10.2 Å². The molecule has 24 heavy (non-hydrogen) atoms. The first-order chi connectivity index (χ1) is 11.4. The molecule has 130 valence electrons. The van der Waals surface area contributed by atoms with E-state index in [1.165, 1.54) is 0 Å². The second kappa shape index (κ2) is 6.72. The van der Waals surface area contributed by atoms with E-state index in [2.05, 4.69) is 20.4 Å². The zero-order chi connectivity index (χ0) is 17.3. The Bertz CT molecular complexity index is 724. The van der Waals surface area contributed by atoms with Gasteiger partial charge in [0.15, 0.2) is 0 Å². The highest BCUT2D eigenvalue weighted by atomic mass is 19.1. The average Bonchev–Trinajstić information content (AvgIpc) is 3.17. The first-order valence-electron chi connectivity index (χ1n) is 8.06. The monoisotopic (exact) mass is 334 g/mol. The lowest BCUT2D eigenvalue weighted by atomic mass is 10.2. The molecule has 0 bridgehead atoms. The highest BCUT2D eigenvalue weighted by Crippen LogP contribution is 2.22. The molecule has 0 saturated carbocycles. The summed E-state index contributed by atoms with van der Waals surface area (Å²) in [6.07, 6.45) is 5.00. The predicted octanol–water partition coefficient (Wildman–Crippen LogP) is 0.804. The molecule has 2 aromatic heterocycles. The van der Waals surface area contributed by atoms with Crippen LogP contribution in [-0.2, 0) is 20.6 Å². The molecule has 3 rings (SSSR count). The molecule has 0 radical (unpaired) electrons. The van der Waals surface area contributed by atoms with Crippen LogP contribution >= 0.6 is 0 Å². The molecule has 8 heteroatoms. The van der Waals surface area contributed by atoms with Gasteiger partial charge in [0.1, 0.15) is 6.17 Å². The predicted molar refractivity (Wildman–Crippen MR) is 87.2 cm³/mol. The maximum absolute atomic E-state index is 13.9. The van der Waals surface area contributed by atoms with Gasteiger partial charge in [-0.1, -0.05) is 0 Å². The lowest BCUT2D eigenvalue weighted by Crippen LogP contribution is -2.39. The van der Waals surface area contributed by atoms with Crippen molar-refractivity contribution < 1.29 is 9.18 Å². The number of carbonyl (C=O) groups is 1. The summed E-state index contributed by atoms with van der Waals surface area (Å²) in [6.45, 7) is 3.26. The number of nitrogens with zero attached hydrogens (tertiary/aromatic N) is 5. The van der Waals surface area contributed by atoms with Gasteiger partial charge in [0.05, 0.1) is 17.5 Å². The first-order valence-corrected chi connectivity index (χ1v) is 8.06. The molecule has 1 amide bonds. The Kier molecular flexibility index (Phi) is 4.66. The maximum atomic E-state index is 13.9. The van der Waals surface area contributed by atoms with E-state index in [0.29, 0.717) is 37.3 Å². The summed E-state index contributed by atoms with van der Waals surface area (Å²) >= 11 is 0. The lowest BCUT2D eigenvalue weighted by molar-refractivity contribution is 0.0939. The van der Waals surface area contributed by atoms with Crippen LogP contribution in [0.5, 0.6) is 0 Å². The van der Waals surface area contributed by atoms with Crippen LogP contribution in [0.1, 0.15) is 28.0 Å². The van der Waals surface area contributed by atoms with E-state index in [1.807, 2.05) is 13.2 Å². The van der Waals surface area contributed by atoms with Gasteiger partial charge in [0, 0.05) is 57.7 Å². The third kappa shape index (κ3) is 3.64. The van der Waals surface area contributed by atoms with Crippen LogP contribution in [0.2, 0.25) is 0 Å². The van der Waals surface area contributed by atoms with Gasteiger partial charge in [0.25, 0.3) is 5.91 Å². The molecule has 7 nitrogen and oxygen atoms in total. The molecular formula is C16H23FN6O. The molecule has 0 unspecified atom stereocenters. The number of alkyl halides is 1. The summed E-state index contributed by atoms with van der Waals surface area (Å²) in [6, 6.07) is -0.0128. The highest BCUT2D eigenvalue weighted by Gasteiger charge is 2.32. The van der Waals surface area contributed by atoms with Crippen LogP contribution in [0.4, 0.5) is 4.39 Å². The molecule has 3 heterocycles. The van der Waals surface area contributed by atoms with Crippen molar-refractivity contribution in [3.05, 3.63) is 35.4 Å². The second-order valence-electron chi connectivity index (χ2n) is 6.45. The molecule has 1 fully saturated rings. The van der Waals surface area contributed by atoms with Crippen LogP contribution in [0, 0.1) is 6.92 Å².